The molecule has 2 aromatic heterocycles. The van der Waals surface area contributed by atoms with E-state index in [1.54, 1.807) is 19.2 Å². The first kappa shape index (κ1) is 16.5. The number of ether oxygens (including phenoxy) is 1. The topological polar surface area (TPSA) is 64.4 Å². The van der Waals surface area contributed by atoms with Crippen LogP contribution >= 0.6 is 11.3 Å². The number of amides is 1. The van der Waals surface area contributed by atoms with Crippen molar-refractivity contribution in [2.24, 2.45) is 0 Å². The van der Waals surface area contributed by atoms with Crippen LogP contribution in [0, 0.1) is 11.6 Å². The van der Waals surface area contributed by atoms with Crippen molar-refractivity contribution in [1.29, 1.82) is 0 Å². The predicted octanol–water partition coefficient (Wildman–Crippen LogP) is 4.51. The van der Waals surface area contributed by atoms with Gasteiger partial charge in [-0.2, -0.15) is 0 Å². The maximum absolute atomic E-state index is 13.3. The van der Waals surface area contributed by atoms with Crippen molar-refractivity contribution < 1.29 is 22.7 Å². The van der Waals surface area contributed by atoms with E-state index in [9.17, 15) is 13.6 Å². The number of carbonyl (C=O) groups excluding carboxylic acids is 1. The SMILES string of the molecule is COc1ccc2c(CC(=O)Nc3nc4cc(F)c(F)cc4s3)coc2c1. The molecule has 0 saturated heterocycles. The maximum atomic E-state index is 13.3. The summed E-state index contributed by atoms with van der Waals surface area (Å²) in [5.74, 6) is -1.55. The second kappa shape index (κ2) is 6.38. The molecule has 0 aliphatic carbocycles. The molecule has 2 heterocycles. The normalized spacial score (nSPS) is 11.2. The molecule has 0 aliphatic rings. The fourth-order valence-corrected chi connectivity index (χ4v) is 3.53. The van der Waals surface area contributed by atoms with Crippen LogP contribution in [0.3, 0.4) is 0 Å². The summed E-state index contributed by atoms with van der Waals surface area (Å²) in [5.41, 5.74) is 1.64. The van der Waals surface area contributed by atoms with E-state index in [0.717, 1.165) is 34.4 Å². The molecule has 0 atom stereocenters. The highest BCUT2D eigenvalue weighted by Crippen LogP contribution is 2.29. The molecule has 1 N–H and O–H groups in total. The predicted molar refractivity (Wildman–Crippen MR) is 94.6 cm³/mol. The van der Waals surface area contributed by atoms with Crippen LogP contribution in [0.2, 0.25) is 0 Å². The second-order valence-electron chi connectivity index (χ2n) is 5.60. The summed E-state index contributed by atoms with van der Waals surface area (Å²) in [7, 11) is 1.56. The molecule has 4 aromatic rings. The number of rotatable bonds is 4. The minimum Gasteiger partial charge on any atom is -0.497 e. The van der Waals surface area contributed by atoms with Gasteiger partial charge in [0.2, 0.25) is 5.91 Å². The Bertz CT molecular complexity index is 1100. The first-order chi connectivity index (χ1) is 12.5. The van der Waals surface area contributed by atoms with Gasteiger partial charge >= 0.3 is 0 Å². The number of aromatic nitrogens is 1. The molecule has 0 radical (unpaired) electrons. The lowest BCUT2D eigenvalue weighted by Gasteiger charge is -2.01. The molecule has 4 rings (SSSR count). The number of nitrogens with one attached hydrogen (secondary N) is 1. The van der Waals surface area contributed by atoms with Gasteiger partial charge in [0.05, 0.1) is 30.0 Å². The summed E-state index contributed by atoms with van der Waals surface area (Å²) in [4.78, 5) is 16.4. The minimum atomic E-state index is -0.971. The zero-order valence-electron chi connectivity index (χ0n) is 13.5. The lowest BCUT2D eigenvalue weighted by atomic mass is 10.1. The van der Waals surface area contributed by atoms with E-state index in [-0.39, 0.29) is 17.5 Å². The number of thiazole rings is 1. The van der Waals surface area contributed by atoms with E-state index in [1.165, 1.54) is 6.26 Å². The van der Waals surface area contributed by atoms with Crippen molar-refractivity contribution in [2.45, 2.75) is 6.42 Å². The molecule has 8 heteroatoms. The van der Waals surface area contributed by atoms with Crippen LogP contribution in [0.5, 0.6) is 5.75 Å². The smallest absolute Gasteiger partial charge is 0.230 e. The fraction of sp³-hybridized carbons (Fsp3) is 0.111. The van der Waals surface area contributed by atoms with Crippen molar-refractivity contribution in [3.05, 3.63) is 53.8 Å². The van der Waals surface area contributed by atoms with Crippen molar-refractivity contribution in [3.8, 4) is 5.75 Å². The zero-order chi connectivity index (χ0) is 18.3. The van der Waals surface area contributed by atoms with Crippen molar-refractivity contribution >= 4 is 43.6 Å². The maximum Gasteiger partial charge on any atom is 0.230 e. The van der Waals surface area contributed by atoms with Gasteiger partial charge < -0.3 is 14.5 Å². The Labute approximate surface area is 150 Å². The van der Waals surface area contributed by atoms with Crippen molar-refractivity contribution in [3.63, 3.8) is 0 Å². The molecule has 0 aliphatic heterocycles. The minimum absolute atomic E-state index is 0.0813. The summed E-state index contributed by atoms with van der Waals surface area (Å²) >= 11 is 1.08. The lowest BCUT2D eigenvalue weighted by molar-refractivity contribution is -0.115. The van der Waals surface area contributed by atoms with Gasteiger partial charge in [0.1, 0.15) is 11.3 Å². The summed E-state index contributed by atoms with van der Waals surface area (Å²) in [6.45, 7) is 0. The number of carbonyl (C=O) groups is 1. The molecule has 0 fully saturated rings. The zero-order valence-corrected chi connectivity index (χ0v) is 14.3. The Morgan fingerprint density at radius 1 is 1.27 bits per heavy atom. The van der Waals surface area contributed by atoms with Crippen LogP contribution in [0.4, 0.5) is 13.9 Å². The molecule has 5 nitrogen and oxygen atoms in total. The van der Waals surface area contributed by atoms with E-state index in [4.69, 9.17) is 9.15 Å². The average Bonchev–Trinajstić information content (AvgIpc) is 3.18. The van der Waals surface area contributed by atoms with Gasteiger partial charge in [0.25, 0.3) is 0 Å². The number of anilines is 1. The Morgan fingerprint density at radius 2 is 2.08 bits per heavy atom. The second-order valence-corrected chi connectivity index (χ2v) is 6.63. The molecule has 0 unspecified atom stereocenters. The molecule has 1 amide bonds. The number of nitrogens with zero attached hydrogens (tertiary/aromatic N) is 1. The number of hydrogen-bond acceptors (Lipinski definition) is 5. The van der Waals surface area contributed by atoms with Crippen molar-refractivity contribution in [2.75, 3.05) is 12.4 Å². The molecule has 2 aromatic carbocycles. The molecular weight excluding hydrogens is 362 g/mol. The van der Waals surface area contributed by atoms with Gasteiger partial charge in [-0.3, -0.25) is 4.79 Å². The summed E-state index contributed by atoms with van der Waals surface area (Å²) < 4.78 is 37.6. The summed E-state index contributed by atoms with van der Waals surface area (Å²) in [6.07, 6.45) is 1.60. The van der Waals surface area contributed by atoms with Gasteiger partial charge in [-0.15, -0.1) is 0 Å². The van der Waals surface area contributed by atoms with E-state index < -0.39 is 11.6 Å². The largest absolute Gasteiger partial charge is 0.497 e. The van der Waals surface area contributed by atoms with Gasteiger partial charge in [-0.25, -0.2) is 13.8 Å². The molecule has 132 valence electrons. The monoisotopic (exact) mass is 374 g/mol. The van der Waals surface area contributed by atoms with Gasteiger partial charge in [0.15, 0.2) is 16.8 Å². The summed E-state index contributed by atoms with van der Waals surface area (Å²) in [6, 6.07) is 7.43. The summed E-state index contributed by atoms with van der Waals surface area (Å²) in [5, 5.41) is 3.75. The molecular formula is C18H12F2N2O3S. The first-order valence-corrected chi connectivity index (χ1v) is 8.44. The quantitative estimate of drug-likeness (QED) is 0.571. The number of furan rings is 1. The van der Waals surface area contributed by atoms with Gasteiger partial charge in [0, 0.05) is 23.1 Å². The molecule has 26 heavy (non-hydrogen) atoms. The van der Waals surface area contributed by atoms with E-state index >= 15 is 0 Å². The number of benzene rings is 2. The van der Waals surface area contributed by atoms with Crippen LogP contribution in [-0.4, -0.2) is 18.0 Å². The third-order valence-corrected chi connectivity index (χ3v) is 4.82. The first-order valence-electron chi connectivity index (χ1n) is 7.63. The molecule has 0 saturated carbocycles. The van der Waals surface area contributed by atoms with Gasteiger partial charge in [-0.1, -0.05) is 11.3 Å². The lowest BCUT2D eigenvalue weighted by Crippen LogP contribution is -2.13. The molecule has 0 spiro atoms. The van der Waals surface area contributed by atoms with Crippen LogP contribution in [-0.2, 0) is 11.2 Å². The third-order valence-electron chi connectivity index (χ3n) is 3.89. The van der Waals surface area contributed by atoms with Crippen LogP contribution in [0.15, 0.2) is 41.0 Å². The number of fused-ring (bicyclic) bond motifs is 2. The van der Waals surface area contributed by atoms with Crippen LogP contribution in [0.25, 0.3) is 21.2 Å². The standard InChI is InChI=1S/C18H12F2N2O3S/c1-24-10-2-3-11-9(8-25-15(11)5-10)4-17(23)22-18-21-14-6-12(19)13(20)7-16(14)26-18/h2-3,5-8H,4H2,1H3,(H,21,22,23). The highest BCUT2D eigenvalue weighted by molar-refractivity contribution is 7.22. The van der Waals surface area contributed by atoms with E-state index in [0.29, 0.717) is 21.5 Å². The van der Waals surface area contributed by atoms with Crippen LogP contribution < -0.4 is 10.1 Å². The fourth-order valence-electron chi connectivity index (χ4n) is 2.64. The highest BCUT2D eigenvalue weighted by Gasteiger charge is 2.14. The molecule has 0 bridgehead atoms. The number of halogens is 2. The Balaban J connectivity index is 1.54. The average molecular weight is 374 g/mol. The Hall–Kier alpha value is -3.00. The Morgan fingerprint density at radius 3 is 2.88 bits per heavy atom. The highest BCUT2D eigenvalue weighted by atomic mass is 32.1. The number of hydrogen-bond donors (Lipinski definition) is 1. The van der Waals surface area contributed by atoms with E-state index in [1.807, 2.05) is 6.07 Å². The van der Waals surface area contributed by atoms with E-state index in [2.05, 4.69) is 10.3 Å². The number of methoxy groups -OCH3 is 1. The van der Waals surface area contributed by atoms with Crippen LogP contribution in [0.1, 0.15) is 5.56 Å². The van der Waals surface area contributed by atoms with Crippen molar-refractivity contribution in [1.82, 2.24) is 4.98 Å². The Kier molecular flexibility index (Phi) is 4.04. The van der Waals surface area contributed by atoms with Gasteiger partial charge in [-0.05, 0) is 18.2 Å². The third kappa shape index (κ3) is 2.99.